The molecular formula is C37H43N7O6. The van der Waals surface area contributed by atoms with Crippen LogP contribution in [0.3, 0.4) is 0 Å². The highest BCUT2D eigenvalue weighted by atomic mass is 16.6. The van der Waals surface area contributed by atoms with Gasteiger partial charge in [-0.1, -0.05) is 30.3 Å². The lowest BCUT2D eigenvalue weighted by Gasteiger charge is -2.29. The second kappa shape index (κ2) is 15.7. The number of H-pyrrole nitrogens is 1. The Morgan fingerprint density at radius 3 is 2.34 bits per heavy atom. The molecule has 13 heteroatoms. The van der Waals surface area contributed by atoms with Crippen molar-refractivity contribution in [3.05, 3.63) is 83.4 Å². The van der Waals surface area contributed by atoms with E-state index in [1.54, 1.807) is 42.5 Å². The molecule has 1 aliphatic rings. The number of aromatic amines is 1. The van der Waals surface area contributed by atoms with Crippen LogP contribution in [-0.2, 0) is 20.7 Å². The number of ether oxygens (including phenoxy) is 1. The number of nitrogens with one attached hydrogen (secondary N) is 4. The number of aryl methyl sites for hydroxylation is 1. The van der Waals surface area contributed by atoms with Crippen molar-refractivity contribution in [1.29, 1.82) is 0 Å². The van der Waals surface area contributed by atoms with Gasteiger partial charge in [-0.25, -0.2) is 9.59 Å². The van der Waals surface area contributed by atoms with Crippen molar-refractivity contribution in [3.8, 4) is 22.5 Å². The van der Waals surface area contributed by atoms with E-state index in [2.05, 4.69) is 36.6 Å². The molecule has 3 amide bonds. The summed E-state index contributed by atoms with van der Waals surface area (Å²) in [4.78, 5) is 51.0. The number of carboxylic acids is 1. The average Bonchev–Trinajstić information content (AvgIpc) is 3.62. The number of benzene rings is 3. The summed E-state index contributed by atoms with van der Waals surface area (Å²) in [7, 11) is 0. The van der Waals surface area contributed by atoms with E-state index in [0.29, 0.717) is 30.9 Å². The van der Waals surface area contributed by atoms with Crippen LogP contribution < -0.4 is 16.0 Å². The average molecular weight is 682 g/mol. The van der Waals surface area contributed by atoms with Gasteiger partial charge in [0.25, 0.3) is 0 Å². The number of tetrazole rings is 1. The minimum atomic E-state index is -0.992. The second-order valence-corrected chi connectivity index (χ2v) is 13.7. The van der Waals surface area contributed by atoms with Gasteiger partial charge in [0.15, 0.2) is 0 Å². The maximum absolute atomic E-state index is 13.8. The number of nitrogens with zero attached hydrogens (tertiary/aromatic N) is 3. The molecule has 0 aliphatic heterocycles. The molecule has 0 radical (unpaired) electrons. The molecule has 1 heterocycles. The maximum atomic E-state index is 13.8. The Balaban J connectivity index is 1.28. The summed E-state index contributed by atoms with van der Waals surface area (Å²) >= 11 is 0. The third-order valence-corrected chi connectivity index (χ3v) is 8.69. The molecule has 50 heavy (non-hydrogen) atoms. The lowest BCUT2D eigenvalue weighted by molar-refractivity contribution is -0.130. The first kappa shape index (κ1) is 35.7. The zero-order chi connectivity index (χ0) is 35.8. The van der Waals surface area contributed by atoms with E-state index >= 15 is 0 Å². The molecule has 1 aliphatic carbocycles. The van der Waals surface area contributed by atoms with Crippen LogP contribution in [0.25, 0.3) is 22.5 Å². The number of alkyl carbamates (subject to hydrolysis) is 1. The van der Waals surface area contributed by atoms with Crippen LogP contribution in [0.15, 0.2) is 66.7 Å². The number of carbonyl (C=O) groups is 4. The number of hydrogen-bond donors (Lipinski definition) is 5. The van der Waals surface area contributed by atoms with Gasteiger partial charge in [-0.15, -0.1) is 10.2 Å². The largest absolute Gasteiger partial charge is 0.478 e. The highest BCUT2D eigenvalue weighted by Gasteiger charge is 2.30. The highest BCUT2D eigenvalue weighted by molar-refractivity contribution is 5.98. The SMILES string of the molecule is Cc1cc(C(=O)O)ccc1-c1cccc(C[C@H](NC(=O)C2CCC(CNC(=O)OC(C)(C)C)CC2)C(=O)Nc2ccc(-c3nn[nH]n3)cc2)c1. The van der Waals surface area contributed by atoms with E-state index in [-0.39, 0.29) is 35.6 Å². The van der Waals surface area contributed by atoms with Crippen LogP contribution >= 0.6 is 0 Å². The zero-order valence-electron chi connectivity index (χ0n) is 28.7. The van der Waals surface area contributed by atoms with Gasteiger partial charge < -0.3 is 25.8 Å². The normalized spacial score (nSPS) is 16.6. The van der Waals surface area contributed by atoms with E-state index < -0.39 is 23.7 Å². The fourth-order valence-electron chi connectivity index (χ4n) is 6.11. The van der Waals surface area contributed by atoms with E-state index in [1.165, 1.54) is 0 Å². The fraction of sp³-hybridized carbons (Fsp3) is 0.378. The van der Waals surface area contributed by atoms with E-state index in [1.807, 2.05) is 52.0 Å². The first-order valence-electron chi connectivity index (χ1n) is 16.7. The van der Waals surface area contributed by atoms with Crippen molar-refractivity contribution in [1.82, 2.24) is 31.3 Å². The Kier molecular flexibility index (Phi) is 11.2. The molecule has 1 aromatic heterocycles. The van der Waals surface area contributed by atoms with Crippen LogP contribution in [0.4, 0.5) is 10.5 Å². The van der Waals surface area contributed by atoms with Gasteiger partial charge in [0, 0.05) is 30.1 Å². The van der Waals surface area contributed by atoms with Gasteiger partial charge in [-0.05, 0) is 123 Å². The van der Waals surface area contributed by atoms with Crippen molar-refractivity contribution in [2.24, 2.45) is 11.8 Å². The van der Waals surface area contributed by atoms with Crippen molar-refractivity contribution in [3.63, 3.8) is 0 Å². The van der Waals surface area contributed by atoms with Crippen LogP contribution in [0.2, 0.25) is 0 Å². The molecule has 1 fully saturated rings. The van der Waals surface area contributed by atoms with Crippen LogP contribution in [0.5, 0.6) is 0 Å². The number of rotatable bonds is 11. The van der Waals surface area contributed by atoms with Gasteiger partial charge in [0.05, 0.1) is 5.56 Å². The predicted octanol–water partition coefficient (Wildman–Crippen LogP) is 5.54. The summed E-state index contributed by atoms with van der Waals surface area (Å²) in [5.74, 6) is -1.15. The molecule has 1 saturated carbocycles. The van der Waals surface area contributed by atoms with Gasteiger partial charge in [-0.2, -0.15) is 5.21 Å². The molecule has 1 atom stereocenters. The first-order chi connectivity index (χ1) is 23.8. The summed E-state index contributed by atoms with van der Waals surface area (Å²) in [6.45, 7) is 7.79. The smallest absolute Gasteiger partial charge is 0.407 e. The highest BCUT2D eigenvalue weighted by Crippen LogP contribution is 2.30. The Labute approximate surface area is 290 Å². The standard InChI is InChI=1S/C37H43N7O6/c1-22-18-28(35(47)48)14-17-30(22)27-7-5-6-24(19-27)20-31(34(46)39-29-15-12-25(13-16-29)32-41-43-44-42-32)40-33(45)26-10-8-23(9-11-26)21-38-36(49)50-37(2,3)4/h5-7,12-19,23,26,31H,8-11,20-21H2,1-4H3,(H,38,49)(H,39,46)(H,40,45)(H,47,48)(H,41,42,43,44)/t23?,26?,31-/m0/s1. The van der Waals surface area contributed by atoms with Crippen LogP contribution in [0.1, 0.15) is 67.9 Å². The summed E-state index contributed by atoms with van der Waals surface area (Å²) in [5, 5.41) is 32.1. The third kappa shape index (κ3) is 9.74. The summed E-state index contributed by atoms with van der Waals surface area (Å²) in [6.07, 6.45) is 2.58. The van der Waals surface area contributed by atoms with Crippen molar-refractivity contribution >= 4 is 29.6 Å². The van der Waals surface area contributed by atoms with Gasteiger partial charge in [0.1, 0.15) is 11.6 Å². The Morgan fingerprint density at radius 2 is 1.70 bits per heavy atom. The molecule has 4 aromatic rings. The van der Waals surface area contributed by atoms with Crippen LogP contribution in [0, 0.1) is 18.8 Å². The molecule has 262 valence electrons. The molecule has 0 unspecified atom stereocenters. The summed E-state index contributed by atoms with van der Waals surface area (Å²) in [6, 6.07) is 18.8. The summed E-state index contributed by atoms with van der Waals surface area (Å²) < 4.78 is 5.34. The molecule has 13 nitrogen and oxygen atoms in total. The lowest BCUT2D eigenvalue weighted by atomic mass is 9.81. The summed E-state index contributed by atoms with van der Waals surface area (Å²) in [5.41, 5.74) is 4.29. The van der Waals surface area contributed by atoms with Crippen molar-refractivity contribution in [2.75, 3.05) is 11.9 Å². The monoisotopic (exact) mass is 681 g/mol. The van der Waals surface area contributed by atoms with Gasteiger partial charge in [-0.3, -0.25) is 9.59 Å². The quantitative estimate of drug-likeness (QED) is 0.135. The molecular weight excluding hydrogens is 638 g/mol. The topological polar surface area (TPSA) is 188 Å². The molecule has 0 saturated heterocycles. The molecule has 3 aromatic carbocycles. The molecule has 0 bridgehead atoms. The fourth-order valence-corrected chi connectivity index (χ4v) is 6.11. The number of carboxylic acid groups (broad SMARTS) is 1. The Morgan fingerprint density at radius 1 is 0.960 bits per heavy atom. The predicted molar refractivity (Wildman–Crippen MR) is 187 cm³/mol. The number of hydrogen-bond acceptors (Lipinski definition) is 8. The van der Waals surface area contributed by atoms with Crippen molar-refractivity contribution < 1.29 is 29.0 Å². The third-order valence-electron chi connectivity index (χ3n) is 8.69. The number of carbonyl (C=O) groups excluding carboxylic acids is 3. The number of aromatic nitrogens is 4. The van der Waals surface area contributed by atoms with Gasteiger partial charge >= 0.3 is 12.1 Å². The zero-order valence-corrected chi connectivity index (χ0v) is 28.7. The van der Waals surface area contributed by atoms with Crippen LogP contribution in [-0.4, -0.2) is 67.8 Å². The minimum Gasteiger partial charge on any atom is -0.478 e. The number of anilines is 1. The van der Waals surface area contributed by atoms with E-state index in [0.717, 1.165) is 40.7 Å². The Hall–Kier alpha value is -5.59. The molecule has 5 N–H and O–H groups in total. The van der Waals surface area contributed by atoms with Crippen molar-refractivity contribution in [2.45, 2.75) is 71.4 Å². The van der Waals surface area contributed by atoms with E-state index in [9.17, 15) is 24.3 Å². The minimum absolute atomic E-state index is 0.188. The Bertz CT molecular complexity index is 1810. The molecule has 0 spiro atoms. The molecule has 5 rings (SSSR count). The van der Waals surface area contributed by atoms with E-state index in [4.69, 9.17) is 4.74 Å². The second-order valence-electron chi connectivity index (χ2n) is 13.7. The first-order valence-corrected chi connectivity index (χ1v) is 16.7. The number of aromatic carboxylic acids is 1. The van der Waals surface area contributed by atoms with Gasteiger partial charge in [0.2, 0.25) is 17.6 Å². The maximum Gasteiger partial charge on any atom is 0.407 e. The number of amides is 3. The lowest BCUT2D eigenvalue weighted by Crippen LogP contribution is -2.48.